The van der Waals surface area contributed by atoms with Gasteiger partial charge in [0.05, 0.1) is 17.8 Å². The van der Waals surface area contributed by atoms with Crippen LogP contribution < -0.4 is 5.73 Å². The zero-order valence-electron chi connectivity index (χ0n) is 10.0. The standard InChI is InChI=1S/C11H11F2N5O/c1-18(4-9-15-5-16-17-9)11(19)7-2-6(12)3-8(14)10(7)13/h2-3,5H,4,14H2,1H3,(H,15,16,17). The second-order valence-corrected chi connectivity index (χ2v) is 3.95. The molecule has 3 N–H and O–H groups in total. The van der Waals surface area contributed by atoms with Crippen LogP contribution in [-0.2, 0) is 6.54 Å². The Morgan fingerprint density at radius 1 is 1.47 bits per heavy atom. The van der Waals surface area contributed by atoms with E-state index in [2.05, 4.69) is 15.2 Å². The number of halogens is 2. The van der Waals surface area contributed by atoms with Gasteiger partial charge in [-0.2, -0.15) is 5.10 Å². The number of aromatic amines is 1. The molecule has 1 amide bonds. The van der Waals surface area contributed by atoms with Crippen molar-refractivity contribution in [1.82, 2.24) is 20.1 Å². The second kappa shape index (κ2) is 5.01. The van der Waals surface area contributed by atoms with Crippen LogP contribution >= 0.6 is 0 Å². The van der Waals surface area contributed by atoms with Gasteiger partial charge in [0.15, 0.2) is 5.82 Å². The van der Waals surface area contributed by atoms with E-state index in [0.717, 1.165) is 12.1 Å². The molecular formula is C11H11F2N5O. The van der Waals surface area contributed by atoms with Gasteiger partial charge < -0.3 is 10.6 Å². The molecule has 0 radical (unpaired) electrons. The number of carbonyl (C=O) groups is 1. The van der Waals surface area contributed by atoms with Gasteiger partial charge in [0.2, 0.25) is 0 Å². The average molecular weight is 267 g/mol. The van der Waals surface area contributed by atoms with Gasteiger partial charge in [-0.05, 0) is 12.1 Å². The monoisotopic (exact) mass is 267 g/mol. The molecule has 1 heterocycles. The molecular weight excluding hydrogens is 256 g/mol. The summed E-state index contributed by atoms with van der Waals surface area (Å²) in [6.07, 6.45) is 1.29. The Hall–Kier alpha value is -2.51. The minimum Gasteiger partial charge on any atom is -0.396 e. The predicted octanol–water partition coefficient (Wildman–Crippen LogP) is 0.937. The Bertz CT molecular complexity index is 599. The highest BCUT2D eigenvalue weighted by Gasteiger charge is 2.20. The molecule has 6 nitrogen and oxygen atoms in total. The molecule has 0 aliphatic rings. The number of nitrogens with two attached hydrogens (primary N) is 1. The highest BCUT2D eigenvalue weighted by molar-refractivity contribution is 5.95. The minimum atomic E-state index is -0.934. The molecule has 0 aliphatic heterocycles. The number of hydrogen-bond donors (Lipinski definition) is 2. The van der Waals surface area contributed by atoms with Gasteiger partial charge in [-0.3, -0.25) is 9.89 Å². The Morgan fingerprint density at radius 3 is 2.84 bits per heavy atom. The van der Waals surface area contributed by atoms with Crippen LogP contribution in [0.2, 0.25) is 0 Å². The van der Waals surface area contributed by atoms with Crippen molar-refractivity contribution in [2.75, 3.05) is 12.8 Å². The topological polar surface area (TPSA) is 87.9 Å². The van der Waals surface area contributed by atoms with Crippen molar-refractivity contribution in [3.63, 3.8) is 0 Å². The smallest absolute Gasteiger partial charge is 0.257 e. The summed E-state index contributed by atoms with van der Waals surface area (Å²) in [6.45, 7) is 0.0920. The van der Waals surface area contributed by atoms with E-state index in [9.17, 15) is 13.6 Å². The lowest BCUT2D eigenvalue weighted by molar-refractivity contribution is 0.0776. The summed E-state index contributed by atoms with van der Waals surface area (Å²) in [7, 11) is 1.44. The van der Waals surface area contributed by atoms with Gasteiger partial charge >= 0.3 is 0 Å². The number of amides is 1. The maximum atomic E-state index is 13.7. The van der Waals surface area contributed by atoms with Crippen molar-refractivity contribution in [2.45, 2.75) is 6.54 Å². The van der Waals surface area contributed by atoms with Gasteiger partial charge in [-0.25, -0.2) is 13.8 Å². The van der Waals surface area contributed by atoms with Crippen LogP contribution in [0.4, 0.5) is 14.5 Å². The Labute approximate surface area is 107 Å². The van der Waals surface area contributed by atoms with Crippen molar-refractivity contribution in [1.29, 1.82) is 0 Å². The van der Waals surface area contributed by atoms with E-state index in [1.807, 2.05) is 0 Å². The lowest BCUT2D eigenvalue weighted by atomic mass is 10.1. The molecule has 0 bridgehead atoms. The molecule has 0 unspecified atom stereocenters. The fraction of sp³-hybridized carbons (Fsp3) is 0.182. The summed E-state index contributed by atoms with van der Waals surface area (Å²) in [5.74, 6) is -1.97. The molecule has 2 rings (SSSR count). The van der Waals surface area contributed by atoms with Gasteiger partial charge in [-0.15, -0.1) is 0 Å². The molecule has 8 heteroatoms. The molecule has 0 aliphatic carbocycles. The second-order valence-electron chi connectivity index (χ2n) is 3.95. The van der Waals surface area contributed by atoms with Crippen molar-refractivity contribution in [2.24, 2.45) is 0 Å². The summed E-state index contributed by atoms with van der Waals surface area (Å²) in [5.41, 5.74) is 4.46. The molecule has 0 saturated carbocycles. The maximum absolute atomic E-state index is 13.7. The van der Waals surface area contributed by atoms with Crippen LogP contribution in [0.3, 0.4) is 0 Å². The molecule has 100 valence electrons. The van der Waals surface area contributed by atoms with Crippen molar-refractivity contribution in [3.05, 3.63) is 41.5 Å². The van der Waals surface area contributed by atoms with E-state index < -0.39 is 28.8 Å². The number of hydrogen-bond acceptors (Lipinski definition) is 4. The molecule has 1 aromatic heterocycles. The van der Waals surface area contributed by atoms with Gasteiger partial charge in [-0.1, -0.05) is 0 Å². The zero-order valence-corrected chi connectivity index (χ0v) is 10.0. The SMILES string of the molecule is CN(Cc1ncn[nH]1)C(=O)c1cc(F)cc(N)c1F. The quantitative estimate of drug-likeness (QED) is 0.810. The fourth-order valence-corrected chi connectivity index (χ4v) is 1.58. The highest BCUT2D eigenvalue weighted by Crippen LogP contribution is 2.19. The molecule has 0 fully saturated rings. The zero-order chi connectivity index (χ0) is 14.0. The molecule has 0 spiro atoms. The number of nitrogens with one attached hydrogen (secondary N) is 1. The average Bonchev–Trinajstić information content (AvgIpc) is 2.85. The number of nitrogens with zero attached hydrogens (tertiary/aromatic N) is 3. The largest absolute Gasteiger partial charge is 0.396 e. The summed E-state index contributed by atoms with van der Waals surface area (Å²) in [6, 6.07) is 1.63. The van der Waals surface area contributed by atoms with E-state index in [0.29, 0.717) is 5.82 Å². The number of aromatic nitrogens is 3. The molecule has 0 saturated heterocycles. The van der Waals surface area contributed by atoms with E-state index >= 15 is 0 Å². The number of H-pyrrole nitrogens is 1. The molecule has 0 atom stereocenters. The van der Waals surface area contributed by atoms with Crippen LogP contribution in [0.1, 0.15) is 16.2 Å². The first kappa shape index (κ1) is 12.9. The minimum absolute atomic E-state index is 0.0920. The van der Waals surface area contributed by atoms with Crippen molar-refractivity contribution in [3.8, 4) is 0 Å². The Kier molecular flexibility index (Phi) is 3.41. The summed E-state index contributed by atoms with van der Waals surface area (Å²) in [4.78, 5) is 17.0. The van der Waals surface area contributed by atoms with E-state index in [1.165, 1.54) is 18.3 Å². The molecule has 1 aromatic carbocycles. The number of anilines is 1. The van der Waals surface area contributed by atoms with Crippen LogP contribution in [-0.4, -0.2) is 33.0 Å². The predicted molar refractivity (Wildman–Crippen MR) is 63.0 cm³/mol. The van der Waals surface area contributed by atoms with Crippen molar-refractivity contribution >= 4 is 11.6 Å². The molecule has 19 heavy (non-hydrogen) atoms. The number of rotatable bonds is 3. The first-order valence-electron chi connectivity index (χ1n) is 5.33. The normalized spacial score (nSPS) is 10.5. The Morgan fingerprint density at radius 2 is 2.21 bits per heavy atom. The third kappa shape index (κ3) is 2.67. The van der Waals surface area contributed by atoms with E-state index in [-0.39, 0.29) is 6.54 Å². The van der Waals surface area contributed by atoms with E-state index in [4.69, 9.17) is 5.73 Å². The number of nitrogen functional groups attached to an aromatic ring is 1. The maximum Gasteiger partial charge on any atom is 0.257 e. The first-order chi connectivity index (χ1) is 8.99. The first-order valence-corrected chi connectivity index (χ1v) is 5.33. The van der Waals surface area contributed by atoms with Gasteiger partial charge in [0.25, 0.3) is 5.91 Å². The number of carbonyl (C=O) groups excluding carboxylic acids is 1. The van der Waals surface area contributed by atoms with Gasteiger partial charge in [0, 0.05) is 7.05 Å². The summed E-state index contributed by atoms with van der Waals surface area (Å²) in [5, 5.41) is 6.19. The third-order valence-electron chi connectivity index (χ3n) is 2.49. The van der Waals surface area contributed by atoms with Crippen LogP contribution in [0, 0.1) is 11.6 Å². The van der Waals surface area contributed by atoms with Crippen molar-refractivity contribution < 1.29 is 13.6 Å². The number of benzene rings is 1. The molecule has 2 aromatic rings. The summed E-state index contributed by atoms with van der Waals surface area (Å²) >= 11 is 0. The fourth-order valence-electron chi connectivity index (χ4n) is 1.58. The van der Waals surface area contributed by atoms with Gasteiger partial charge in [0.1, 0.15) is 18.0 Å². The lowest BCUT2D eigenvalue weighted by Gasteiger charge is -2.16. The van der Waals surface area contributed by atoms with Crippen LogP contribution in [0.25, 0.3) is 0 Å². The van der Waals surface area contributed by atoms with Crippen LogP contribution in [0.15, 0.2) is 18.5 Å². The summed E-state index contributed by atoms with van der Waals surface area (Å²) < 4.78 is 26.9. The van der Waals surface area contributed by atoms with Crippen LogP contribution in [0.5, 0.6) is 0 Å². The van der Waals surface area contributed by atoms with E-state index in [1.54, 1.807) is 0 Å². The third-order valence-corrected chi connectivity index (χ3v) is 2.49. The highest BCUT2D eigenvalue weighted by atomic mass is 19.1. The lowest BCUT2D eigenvalue weighted by Crippen LogP contribution is -2.28. The Balaban J connectivity index is 2.24.